The number of esters is 1. The molecular weight excluding hydrogens is 420 g/mol. The number of hydrogen-bond donors (Lipinski definition) is 1. The summed E-state index contributed by atoms with van der Waals surface area (Å²) >= 11 is 0. The maximum atomic E-state index is 12.8. The molecule has 31 heavy (non-hydrogen) atoms. The zero-order chi connectivity index (χ0) is 22.8. The molecule has 1 aromatic heterocycles. The van der Waals surface area contributed by atoms with E-state index in [-0.39, 0.29) is 34.6 Å². The lowest BCUT2D eigenvalue weighted by Gasteiger charge is -2.21. The summed E-state index contributed by atoms with van der Waals surface area (Å²) in [7, 11) is -2.16. The minimum absolute atomic E-state index is 0.0845. The molecule has 0 saturated carbocycles. The van der Waals surface area contributed by atoms with Gasteiger partial charge in [-0.2, -0.15) is 4.31 Å². The van der Waals surface area contributed by atoms with E-state index in [9.17, 15) is 18.0 Å². The second kappa shape index (κ2) is 8.91. The van der Waals surface area contributed by atoms with E-state index < -0.39 is 21.9 Å². The molecule has 3 rings (SSSR count). The molecule has 1 N–H and O–H groups in total. The number of rotatable bonds is 7. The highest BCUT2D eigenvalue weighted by atomic mass is 32.2. The Morgan fingerprint density at radius 3 is 2.35 bits per heavy atom. The molecule has 0 atom stereocenters. The van der Waals surface area contributed by atoms with E-state index in [1.807, 2.05) is 0 Å². The van der Waals surface area contributed by atoms with Gasteiger partial charge in [0.15, 0.2) is 0 Å². The lowest BCUT2D eigenvalue weighted by molar-refractivity contribution is 0.0494. The van der Waals surface area contributed by atoms with Crippen molar-refractivity contribution < 1.29 is 27.2 Å². The van der Waals surface area contributed by atoms with E-state index in [1.54, 1.807) is 45.0 Å². The molecule has 0 radical (unpaired) electrons. The van der Waals surface area contributed by atoms with Gasteiger partial charge in [-0.15, -0.1) is 0 Å². The van der Waals surface area contributed by atoms with Crippen LogP contribution in [0.5, 0.6) is 0 Å². The molecule has 0 aliphatic rings. The number of sulfonamides is 1. The van der Waals surface area contributed by atoms with E-state index in [0.29, 0.717) is 11.0 Å². The first-order valence-corrected chi connectivity index (χ1v) is 11.2. The summed E-state index contributed by atoms with van der Waals surface area (Å²) in [6.45, 7) is 5.38. The van der Waals surface area contributed by atoms with Gasteiger partial charge in [-0.05, 0) is 57.2 Å². The number of carbonyl (C=O) groups is 2. The molecule has 0 bridgehead atoms. The van der Waals surface area contributed by atoms with Gasteiger partial charge in [-0.25, -0.2) is 13.2 Å². The molecule has 8 nitrogen and oxygen atoms in total. The number of nitrogens with one attached hydrogen (secondary N) is 1. The second-order valence-electron chi connectivity index (χ2n) is 7.12. The number of fused-ring (bicyclic) bond motifs is 1. The number of nitrogens with zero attached hydrogens (tertiary/aromatic N) is 1. The fraction of sp³-hybridized carbons (Fsp3) is 0.273. The topological polar surface area (TPSA) is 106 Å². The van der Waals surface area contributed by atoms with Crippen molar-refractivity contribution in [3.63, 3.8) is 0 Å². The number of ether oxygens (including phenoxy) is 1. The quantitative estimate of drug-likeness (QED) is 0.554. The summed E-state index contributed by atoms with van der Waals surface area (Å²) in [5, 5.41) is 3.25. The molecule has 0 unspecified atom stereocenters. The second-order valence-corrected chi connectivity index (χ2v) is 9.11. The van der Waals surface area contributed by atoms with Crippen LogP contribution in [0.1, 0.15) is 41.7 Å². The highest BCUT2D eigenvalue weighted by Gasteiger charge is 2.25. The third-order valence-electron chi connectivity index (χ3n) is 4.82. The standard InChI is InChI=1S/C22H24N2O6S/c1-5-29-22(26)20-19(17-8-6-7-9-18(17)30-20)23-21(25)15-10-12-16(13-11-15)31(27,28)24(4)14(2)3/h6-14H,5H2,1-4H3,(H,23,25). The Bertz CT molecular complexity index is 1210. The van der Waals surface area contributed by atoms with Crippen molar-refractivity contribution in [2.24, 2.45) is 0 Å². The normalized spacial score (nSPS) is 11.8. The zero-order valence-corrected chi connectivity index (χ0v) is 18.5. The van der Waals surface area contributed by atoms with Crippen LogP contribution in [0.2, 0.25) is 0 Å². The molecule has 9 heteroatoms. The number of benzene rings is 2. The van der Waals surface area contributed by atoms with Crippen molar-refractivity contribution in [2.75, 3.05) is 19.0 Å². The van der Waals surface area contributed by atoms with E-state index in [1.165, 1.54) is 35.6 Å². The molecule has 2 aromatic carbocycles. The minimum Gasteiger partial charge on any atom is -0.460 e. The molecular formula is C22H24N2O6S. The number of para-hydroxylation sites is 1. The maximum absolute atomic E-state index is 12.8. The first-order valence-electron chi connectivity index (χ1n) is 9.75. The van der Waals surface area contributed by atoms with Crippen molar-refractivity contribution in [2.45, 2.75) is 31.7 Å². The highest BCUT2D eigenvalue weighted by molar-refractivity contribution is 7.89. The van der Waals surface area contributed by atoms with E-state index >= 15 is 0 Å². The van der Waals surface area contributed by atoms with Crippen LogP contribution >= 0.6 is 0 Å². The van der Waals surface area contributed by atoms with Gasteiger partial charge < -0.3 is 14.5 Å². The van der Waals surface area contributed by atoms with Gasteiger partial charge >= 0.3 is 5.97 Å². The van der Waals surface area contributed by atoms with Crippen LogP contribution < -0.4 is 5.32 Å². The Labute approximate surface area is 180 Å². The van der Waals surface area contributed by atoms with Gasteiger partial charge in [0.25, 0.3) is 5.91 Å². The molecule has 3 aromatic rings. The van der Waals surface area contributed by atoms with Crippen LogP contribution in [0.4, 0.5) is 5.69 Å². The van der Waals surface area contributed by atoms with Crippen LogP contribution in [0.3, 0.4) is 0 Å². The summed E-state index contributed by atoms with van der Waals surface area (Å²) in [5.74, 6) is -1.31. The van der Waals surface area contributed by atoms with Crippen LogP contribution in [0.25, 0.3) is 11.0 Å². The lowest BCUT2D eigenvalue weighted by Crippen LogP contribution is -2.33. The van der Waals surface area contributed by atoms with Crippen molar-refractivity contribution in [3.8, 4) is 0 Å². The Morgan fingerprint density at radius 2 is 1.74 bits per heavy atom. The van der Waals surface area contributed by atoms with Crippen LogP contribution in [0, 0.1) is 0 Å². The summed E-state index contributed by atoms with van der Waals surface area (Å²) in [6.07, 6.45) is 0. The highest BCUT2D eigenvalue weighted by Crippen LogP contribution is 2.32. The van der Waals surface area contributed by atoms with Gasteiger partial charge in [0, 0.05) is 24.0 Å². The largest absolute Gasteiger partial charge is 0.460 e. The molecule has 1 heterocycles. The number of amides is 1. The fourth-order valence-electron chi connectivity index (χ4n) is 2.92. The summed E-state index contributed by atoms with van der Waals surface area (Å²) in [4.78, 5) is 25.2. The monoisotopic (exact) mass is 444 g/mol. The Morgan fingerprint density at radius 1 is 1.10 bits per heavy atom. The maximum Gasteiger partial charge on any atom is 0.376 e. The van der Waals surface area contributed by atoms with Gasteiger partial charge in [0.2, 0.25) is 15.8 Å². The smallest absolute Gasteiger partial charge is 0.376 e. The third kappa shape index (κ3) is 4.47. The van der Waals surface area contributed by atoms with E-state index in [0.717, 1.165) is 0 Å². The lowest BCUT2D eigenvalue weighted by atomic mass is 10.2. The number of hydrogen-bond acceptors (Lipinski definition) is 6. The van der Waals surface area contributed by atoms with Crippen molar-refractivity contribution in [1.82, 2.24) is 4.31 Å². The first kappa shape index (κ1) is 22.5. The van der Waals surface area contributed by atoms with Crippen LogP contribution in [-0.2, 0) is 14.8 Å². The van der Waals surface area contributed by atoms with E-state index in [2.05, 4.69) is 5.32 Å². The minimum atomic E-state index is -3.66. The van der Waals surface area contributed by atoms with Gasteiger partial charge in [0.05, 0.1) is 11.5 Å². The van der Waals surface area contributed by atoms with E-state index in [4.69, 9.17) is 9.15 Å². The van der Waals surface area contributed by atoms with Crippen molar-refractivity contribution >= 4 is 38.6 Å². The fourth-order valence-corrected chi connectivity index (χ4v) is 4.29. The van der Waals surface area contributed by atoms with Crippen molar-refractivity contribution in [1.29, 1.82) is 0 Å². The van der Waals surface area contributed by atoms with Crippen molar-refractivity contribution in [3.05, 3.63) is 59.9 Å². The zero-order valence-electron chi connectivity index (χ0n) is 17.7. The van der Waals surface area contributed by atoms with Crippen LogP contribution in [-0.4, -0.2) is 44.3 Å². The average molecular weight is 445 g/mol. The number of furan rings is 1. The Kier molecular flexibility index (Phi) is 6.47. The predicted molar refractivity (Wildman–Crippen MR) is 117 cm³/mol. The SMILES string of the molecule is CCOC(=O)c1oc2ccccc2c1NC(=O)c1ccc(S(=O)(=O)N(C)C(C)C)cc1. The molecule has 0 fully saturated rings. The molecule has 0 aliphatic heterocycles. The molecule has 164 valence electrons. The summed E-state index contributed by atoms with van der Waals surface area (Å²) in [6, 6.07) is 12.3. The molecule has 0 aliphatic carbocycles. The number of anilines is 1. The Balaban J connectivity index is 1.91. The molecule has 1 amide bonds. The molecule has 0 spiro atoms. The third-order valence-corrected chi connectivity index (χ3v) is 6.86. The van der Waals surface area contributed by atoms with Gasteiger partial charge in [-0.1, -0.05) is 12.1 Å². The number of carbonyl (C=O) groups excluding carboxylic acids is 2. The predicted octanol–water partition coefficient (Wildman–Crippen LogP) is 3.89. The Hall–Kier alpha value is -3.17. The van der Waals surface area contributed by atoms with Gasteiger partial charge in [-0.3, -0.25) is 4.79 Å². The average Bonchev–Trinajstić information content (AvgIpc) is 3.12. The summed E-state index contributed by atoms with van der Waals surface area (Å²) in [5.41, 5.74) is 0.862. The van der Waals surface area contributed by atoms with Crippen LogP contribution in [0.15, 0.2) is 57.8 Å². The van der Waals surface area contributed by atoms with Gasteiger partial charge in [0.1, 0.15) is 11.3 Å². The molecule has 0 saturated heterocycles. The first-order chi connectivity index (χ1) is 14.7. The summed E-state index contributed by atoms with van der Waals surface area (Å²) < 4.78 is 37.1.